The molecule has 0 aromatic heterocycles. The van der Waals surface area contributed by atoms with Gasteiger partial charge in [-0.1, -0.05) is 47.5 Å². The summed E-state index contributed by atoms with van der Waals surface area (Å²) in [5, 5.41) is 3.20. The highest BCUT2D eigenvalue weighted by Crippen LogP contribution is 2.24. The molecule has 5 heteroatoms. The summed E-state index contributed by atoms with van der Waals surface area (Å²) < 4.78 is 11.4. The molecule has 1 aliphatic rings. The Balaban J connectivity index is 1.66. The molecule has 0 bridgehead atoms. The fraction of sp³-hybridized carbons (Fsp3) is 0.458. The van der Waals surface area contributed by atoms with E-state index in [0.29, 0.717) is 0 Å². The highest BCUT2D eigenvalue weighted by atomic mass is 16.5. The Morgan fingerprint density at radius 2 is 1.66 bits per heavy atom. The molecule has 1 aliphatic heterocycles. The van der Waals surface area contributed by atoms with Crippen LogP contribution in [0.4, 0.5) is 0 Å². The highest BCUT2D eigenvalue weighted by Gasteiger charge is 2.23. The maximum absolute atomic E-state index is 12.7. The van der Waals surface area contributed by atoms with Gasteiger partial charge in [0.15, 0.2) is 6.61 Å². The van der Waals surface area contributed by atoms with E-state index in [4.69, 9.17) is 9.47 Å². The molecule has 1 saturated heterocycles. The smallest absolute Gasteiger partial charge is 0.258 e. The second kappa shape index (κ2) is 9.90. The van der Waals surface area contributed by atoms with Crippen molar-refractivity contribution >= 4 is 5.91 Å². The Labute approximate surface area is 174 Å². The zero-order valence-electron chi connectivity index (χ0n) is 18.0. The number of carbonyl (C=O) groups is 1. The molecule has 0 radical (unpaired) electrons. The minimum absolute atomic E-state index is 0.0194. The van der Waals surface area contributed by atoms with Crippen LogP contribution in [-0.2, 0) is 9.53 Å². The lowest BCUT2D eigenvalue weighted by atomic mass is 10.0. The lowest BCUT2D eigenvalue weighted by Gasteiger charge is -2.28. The summed E-state index contributed by atoms with van der Waals surface area (Å²) >= 11 is 0. The van der Waals surface area contributed by atoms with E-state index in [0.717, 1.165) is 55.3 Å². The number of nitrogens with one attached hydrogen (secondary N) is 2. The Bertz CT molecular complexity index is 804. The average molecular weight is 398 g/mol. The molecule has 5 nitrogen and oxygen atoms in total. The fourth-order valence-corrected chi connectivity index (χ4v) is 3.97. The van der Waals surface area contributed by atoms with E-state index >= 15 is 0 Å². The molecule has 0 saturated carbocycles. The number of quaternary nitrogens is 1. The molecule has 0 aliphatic carbocycles. The molecule has 29 heavy (non-hydrogen) atoms. The van der Waals surface area contributed by atoms with Crippen molar-refractivity contribution in [2.45, 2.75) is 33.7 Å². The molecule has 1 amide bonds. The van der Waals surface area contributed by atoms with Crippen LogP contribution in [0.25, 0.3) is 0 Å². The molecule has 0 spiro atoms. The van der Waals surface area contributed by atoms with Gasteiger partial charge in [-0.15, -0.1) is 0 Å². The van der Waals surface area contributed by atoms with Crippen LogP contribution in [-0.4, -0.2) is 45.4 Å². The van der Waals surface area contributed by atoms with Crippen molar-refractivity contribution in [1.82, 2.24) is 5.32 Å². The summed E-state index contributed by atoms with van der Waals surface area (Å²) in [6.45, 7) is 12.5. The van der Waals surface area contributed by atoms with Crippen molar-refractivity contribution < 1.29 is 19.2 Å². The van der Waals surface area contributed by atoms with Crippen LogP contribution in [0.2, 0.25) is 0 Å². The number of amides is 1. The van der Waals surface area contributed by atoms with E-state index < -0.39 is 0 Å². The van der Waals surface area contributed by atoms with Gasteiger partial charge in [0.05, 0.1) is 13.2 Å². The molecule has 1 heterocycles. The van der Waals surface area contributed by atoms with Crippen LogP contribution in [0.5, 0.6) is 5.75 Å². The molecular formula is C24H33N2O3+. The van der Waals surface area contributed by atoms with E-state index in [1.807, 2.05) is 13.8 Å². The second-order valence-corrected chi connectivity index (χ2v) is 8.11. The summed E-state index contributed by atoms with van der Waals surface area (Å²) in [7, 11) is 0. The second-order valence-electron chi connectivity index (χ2n) is 8.11. The van der Waals surface area contributed by atoms with Gasteiger partial charge in [0, 0.05) is 0 Å². The third-order valence-corrected chi connectivity index (χ3v) is 5.46. The number of carbonyl (C=O) groups excluding carboxylic acids is 1. The van der Waals surface area contributed by atoms with Gasteiger partial charge in [-0.05, 0) is 44.4 Å². The largest absolute Gasteiger partial charge is 0.483 e. The summed E-state index contributed by atoms with van der Waals surface area (Å²) in [6, 6.07) is 12.5. The molecular weight excluding hydrogens is 364 g/mol. The SMILES string of the molecule is Cc1ccc([C@H](C[NH+]2CCOCC2)NC(=O)COc2c(C)cc(C)cc2C)cc1. The van der Waals surface area contributed by atoms with Gasteiger partial charge in [-0.25, -0.2) is 0 Å². The normalized spacial score (nSPS) is 15.7. The maximum Gasteiger partial charge on any atom is 0.258 e. The zero-order valence-corrected chi connectivity index (χ0v) is 18.0. The number of hydrogen-bond donors (Lipinski definition) is 2. The van der Waals surface area contributed by atoms with Gasteiger partial charge in [0.25, 0.3) is 5.91 Å². The van der Waals surface area contributed by atoms with Crippen molar-refractivity contribution in [1.29, 1.82) is 0 Å². The fourth-order valence-electron chi connectivity index (χ4n) is 3.97. The van der Waals surface area contributed by atoms with Gasteiger partial charge in [0.2, 0.25) is 0 Å². The third kappa shape index (κ3) is 6.05. The first-order valence-corrected chi connectivity index (χ1v) is 10.4. The summed E-state index contributed by atoms with van der Waals surface area (Å²) in [4.78, 5) is 14.2. The van der Waals surface area contributed by atoms with E-state index in [9.17, 15) is 4.79 Å². The van der Waals surface area contributed by atoms with Gasteiger partial charge in [0.1, 0.15) is 31.4 Å². The van der Waals surface area contributed by atoms with Crippen LogP contribution in [0, 0.1) is 27.7 Å². The Morgan fingerprint density at radius 1 is 1.03 bits per heavy atom. The average Bonchev–Trinajstić information content (AvgIpc) is 2.68. The molecule has 1 atom stereocenters. The highest BCUT2D eigenvalue weighted by molar-refractivity contribution is 5.78. The summed E-state index contributed by atoms with van der Waals surface area (Å²) in [5.74, 6) is 0.707. The molecule has 1 fully saturated rings. The monoisotopic (exact) mass is 397 g/mol. The minimum atomic E-state index is -0.0948. The van der Waals surface area contributed by atoms with Crippen molar-refractivity contribution in [3.8, 4) is 5.75 Å². The number of rotatable bonds is 7. The van der Waals surface area contributed by atoms with Gasteiger partial charge >= 0.3 is 0 Å². The topological polar surface area (TPSA) is 52.0 Å². The van der Waals surface area contributed by atoms with Crippen LogP contribution >= 0.6 is 0 Å². The Hall–Kier alpha value is -2.37. The van der Waals surface area contributed by atoms with E-state index in [1.165, 1.54) is 16.0 Å². The van der Waals surface area contributed by atoms with Crippen molar-refractivity contribution in [2.75, 3.05) is 39.5 Å². The molecule has 2 aromatic carbocycles. The summed E-state index contributed by atoms with van der Waals surface area (Å²) in [5.41, 5.74) is 5.66. The van der Waals surface area contributed by atoms with Crippen molar-refractivity contribution in [2.24, 2.45) is 0 Å². The standard InChI is InChI=1S/C24H32N2O3/c1-17-5-7-21(8-6-17)22(15-26-9-11-28-12-10-26)25-23(27)16-29-24-19(3)13-18(2)14-20(24)4/h5-8,13-14,22H,9-12,15-16H2,1-4H3,(H,25,27)/p+1/t22-/m0/s1. The number of hydrogen-bond acceptors (Lipinski definition) is 3. The predicted octanol–water partition coefficient (Wildman–Crippen LogP) is 2.07. The van der Waals surface area contributed by atoms with Crippen molar-refractivity contribution in [3.05, 3.63) is 64.2 Å². The first kappa shape index (κ1) is 21.3. The third-order valence-electron chi connectivity index (χ3n) is 5.46. The van der Waals surface area contributed by atoms with Gasteiger partial charge in [-0.2, -0.15) is 0 Å². The lowest BCUT2D eigenvalue weighted by molar-refractivity contribution is -0.909. The Kier molecular flexibility index (Phi) is 7.29. The number of aryl methyl sites for hydroxylation is 4. The molecule has 2 N–H and O–H groups in total. The molecule has 156 valence electrons. The van der Waals surface area contributed by atoms with Crippen LogP contribution in [0.3, 0.4) is 0 Å². The van der Waals surface area contributed by atoms with Gasteiger partial charge < -0.3 is 19.7 Å². The van der Waals surface area contributed by atoms with Crippen molar-refractivity contribution in [3.63, 3.8) is 0 Å². The first-order chi connectivity index (χ1) is 13.9. The Morgan fingerprint density at radius 3 is 2.28 bits per heavy atom. The van der Waals surface area contributed by atoms with Gasteiger partial charge in [-0.3, -0.25) is 4.79 Å². The molecule has 2 aromatic rings. The predicted molar refractivity (Wildman–Crippen MR) is 115 cm³/mol. The van der Waals surface area contributed by atoms with E-state index in [1.54, 1.807) is 0 Å². The van der Waals surface area contributed by atoms with Crippen LogP contribution in [0.15, 0.2) is 36.4 Å². The number of benzene rings is 2. The maximum atomic E-state index is 12.7. The van der Waals surface area contributed by atoms with Crippen LogP contribution < -0.4 is 15.0 Å². The minimum Gasteiger partial charge on any atom is -0.483 e. The summed E-state index contributed by atoms with van der Waals surface area (Å²) in [6.07, 6.45) is 0. The molecule has 0 unspecified atom stereocenters. The first-order valence-electron chi connectivity index (χ1n) is 10.4. The van der Waals surface area contributed by atoms with E-state index in [2.05, 4.69) is 55.6 Å². The molecule has 3 rings (SSSR count). The lowest BCUT2D eigenvalue weighted by Crippen LogP contribution is -3.14. The van der Waals surface area contributed by atoms with E-state index in [-0.39, 0.29) is 18.6 Å². The van der Waals surface area contributed by atoms with Crippen LogP contribution in [0.1, 0.15) is 33.9 Å². The quantitative estimate of drug-likeness (QED) is 0.752. The number of morpholine rings is 1. The number of ether oxygens (including phenoxy) is 2. The zero-order chi connectivity index (χ0) is 20.8.